The predicted octanol–water partition coefficient (Wildman–Crippen LogP) is 1.41. The molecule has 0 aliphatic heterocycles. The van der Waals surface area contributed by atoms with E-state index in [1.807, 2.05) is 6.92 Å². The van der Waals surface area contributed by atoms with Crippen molar-refractivity contribution in [1.29, 1.82) is 0 Å². The Labute approximate surface area is 116 Å². The lowest BCUT2D eigenvalue weighted by Gasteiger charge is -2.26. The number of carbonyl (C=O) groups is 2. The Bertz CT molecular complexity index is 278. The fourth-order valence-corrected chi connectivity index (χ4v) is 1.84. The zero-order valence-electron chi connectivity index (χ0n) is 12.6. The van der Waals surface area contributed by atoms with Crippen LogP contribution in [0.15, 0.2) is 0 Å². The van der Waals surface area contributed by atoms with Crippen molar-refractivity contribution in [3.63, 3.8) is 0 Å². The summed E-state index contributed by atoms with van der Waals surface area (Å²) in [5.74, 6) is 0.158. The molecule has 1 amide bonds. The highest BCUT2D eigenvalue weighted by Crippen LogP contribution is 2.12. The first-order chi connectivity index (χ1) is 8.98. The van der Waals surface area contributed by atoms with Gasteiger partial charge in [-0.2, -0.15) is 0 Å². The fraction of sp³-hybridized carbons (Fsp3) is 0.857. The van der Waals surface area contributed by atoms with Gasteiger partial charge in [-0.15, -0.1) is 0 Å². The second-order valence-electron chi connectivity index (χ2n) is 5.08. The molecule has 0 saturated heterocycles. The van der Waals surface area contributed by atoms with Crippen molar-refractivity contribution in [1.82, 2.24) is 4.90 Å². The van der Waals surface area contributed by atoms with Crippen LogP contribution in [0.1, 0.15) is 40.0 Å². The maximum atomic E-state index is 12.2. The van der Waals surface area contributed by atoms with E-state index in [1.165, 1.54) is 7.11 Å². The number of methoxy groups -OCH3 is 1. The second kappa shape index (κ2) is 9.78. The van der Waals surface area contributed by atoms with E-state index >= 15 is 0 Å². The Morgan fingerprint density at radius 2 is 1.84 bits per heavy atom. The van der Waals surface area contributed by atoms with Crippen molar-refractivity contribution < 1.29 is 14.3 Å². The van der Waals surface area contributed by atoms with Crippen molar-refractivity contribution in [2.75, 3.05) is 26.7 Å². The van der Waals surface area contributed by atoms with Crippen LogP contribution < -0.4 is 5.73 Å². The number of hydrogen-bond donors (Lipinski definition) is 1. The predicted molar refractivity (Wildman–Crippen MR) is 75.5 cm³/mol. The Hall–Kier alpha value is -1.10. The molecule has 0 saturated carbocycles. The van der Waals surface area contributed by atoms with Crippen molar-refractivity contribution >= 4 is 11.9 Å². The van der Waals surface area contributed by atoms with Gasteiger partial charge in [-0.05, 0) is 18.4 Å². The molecule has 1 atom stereocenters. The molecular weight excluding hydrogens is 244 g/mol. The summed E-state index contributed by atoms with van der Waals surface area (Å²) in [6, 6.07) is 0. The van der Waals surface area contributed by atoms with Gasteiger partial charge in [-0.25, -0.2) is 0 Å². The van der Waals surface area contributed by atoms with Crippen LogP contribution in [0.2, 0.25) is 0 Å². The average Bonchev–Trinajstić information content (AvgIpc) is 2.42. The van der Waals surface area contributed by atoms with E-state index in [0.717, 1.165) is 12.8 Å². The summed E-state index contributed by atoms with van der Waals surface area (Å²) in [4.78, 5) is 25.2. The molecule has 0 bridgehead atoms. The fourth-order valence-electron chi connectivity index (χ4n) is 1.84. The van der Waals surface area contributed by atoms with Crippen LogP contribution in [0.5, 0.6) is 0 Å². The van der Waals surface area contributed by atoms with E-state index in [9.17, 15) is 9.59 Å². The molecular formula is C14H28N2O3. The SMILES string of the molecule is CCC(CC)CN(CC(=O)OC)C(=O)CC(C)CN. The Balaban J connectivity index is 4.64. The molecule has 0 heterocycles. The molecule has 5 nitrogen and oxygen atoms in total. The average molecular weight is 272 g/mol. The molecule has 0 aromatic carbocycles. The van der Waals surface area contributed by atoms with Crippen molar-refractivity contribution in [3.8, 4) is 0 Å². The lowest BCUT2D eigenvalue weighted by molar-refractivity contribution is -0.147. The van der Waals surface area contributed by atoms with E-state index in [2.05, 4.69) is 18.6 Å². The number of carbonyl (C=O) groups excluding carboxylic acids is 2. The third kappa shape index (κ3) is 7.15. The van der Waals surface area contributed by atoms with Gasteiger partial charge >= 0.3 is 5.97 Å². The van der Waals surface area contributed by atoms with E-state index in [4.69, 9.17) is 5.73 Å². The third-order valence-electron chi connectivity index (χ3n) is 3.46. The highest BCUT2D eigenvalue weighted by atomic mass is 16.5. The number of hydrogen-bond acceptors (Lipinski definition) is 4. The molecule has 0 radical (unpaired) electrons. The van der Waals surface area contributed by atoms with Crippen molar-refractivity contribution in [2.45, 2.75) is 40.0 Å². The largest absolute Gasteiger partial charge is 0.468 e. The lowest BCUT2D eigenvalue weighted by Crippen LogP contribution is -2.40. The van der Waals surface area contributed by atoms with Crippen LogP contribution >= 0.6 is 0 Å². The molecule has 2 N–H and O–H groups in total. The van der Waals surface area contributed by atoms with Gasteiger partial charge in [0.1, 0.15) is 6.54 Å². The molecule has 19 heavy (non-hydrogen) atoms. The smallest absolute Gasteiger partial charge is 0.325 e. The minimum Gasteiger partial charge on any atom is -0.468 e. The number of nitrogens with two attached hydrogens (primary N) is 1. The summed E-state index contributed by atoms with van der Waals surface area (Å²) in [6.45, 7) is 7.24. The van der Waals surface area contributed by atoms with Gasteiger partial charge in [0.15, 0.2) is 0 Å². The van der Waals surface area contributed by atoms with E-state index < -0.39 is 0 Å². The van der Waals surface area contributed by atoms with Gasteiger partial charge < -0.3 is 15.4 Å². The van der Waals surface area contributed by atoms with Gasteiger partial charge in [-0.1, -0.05) is 33.6 Å². The van der Waals surface area contributed by atoms with Crippen molar-refractivity contribution in [2.24, 2.45) is 17.6 Å². The first-order valence-electron chi connectivity index (χ1n) is 7.02. The molecule has 0 aromatic rings. The first kappa shape index (κ1) is 17.9. The number of nitrogens with zero attached hydrogens (tertiary/aromatic N) is 1. The molecule has 0 rings (SSSR count). The molecule has 5 heteroatoms. The van der Waals surface area contributed by atoms with Crippen LogP contribution in [0.25, 0.3) is 0 Å². The van der Waals surface area contributed by atoms with Gasteiger partial charge in [0.05, 0.1) is 7.11 Å². The standard InChI is InChI=1S/C14H28N2O3/c1-5-12(6-2)9-16(10-14(18)19-4)13(17)7-11(3)8-15/h11-12H,5-10,15H2,1-4H3. The first-order valence-corrected chi connectivity index (χ1v) is 7.02. The van der Waals surface area contributed by atoms with Crippen LogP contribution in [-0.4, -0.2) is 43.5 Å². The summed E-state index contributed by atoms with van der Waals surface area (Å²) < 4.78 is 4.65. The molecule has 112 valence electrons. The second-order valence-corrected chi connectivity index (χ2v) is 5.08. The topological polar surface area (TPSA) is 72.6 Å². The van der Waals surface area contributed by atoms with Crippen LogP contribution in [-0.2, 0) is 14.3 Å². The highest BCUT2D eigenvalue weighted by molar-refractivity contribution is 5.82. The van der Waals surface area contributed by atoms with Crippen LogP contribution in [0.3, 0.4) is 0 Å². The normalized spacial score (nSPS) is 12.3. The minimum atomic E-state index is -0.375. The Kier molecular flexibility index (Phi) is 9.21. The summed E-state index contributed by atoms with van der Waals surface area (Å²) in [5, 5.41) is 0. The number of ether oxygens (including phenoxy) is 1. The molecule has 0 aliphatic carbocycles. The zero-order chi connectivity index (χ0) is 14.8. The number of esters is 1. The van der Waals surface area contributed by atoms with E-state index in [-0.39, 0.29) is 24.3 Å². The van der Waals surface area contributed by atoms with Gasteiger partial charge in [0, 0.05) is 13.0 Å². The molecule has 0 aliphatic rings. The molecule has 1 unspecified atom stereocenters. The highest BCUT2D eigenvalue weighted by Gasteiger charge is 2.21. The third-order valence-corrected chi connectivity index (χ3v) is 3.46. The van der Waals surface area contributed by atoms with Crippen LogP contribution in [0.4, 0.5) is 0 Å². The van der Waals surface area contributed by atoms with Gasteiger partial charge in [-0.3, -0.25) is 9.59 Å². The number of rotatable bonds is 9. The quantitative estimate of drug-likeness (QED) is 0.644. The van der Waals surface area contributed by atoms with Crippen molar-refractivity contribution in [3.05, 3.63) is 0 Å². The maximum absolute atomic E-state index is 12.2. The summed E-state index contributed by atoms with van der Waals surface area (Å²) in [5.41, 5.74) is 5.54. The van der Waals surface area contributed by atoms with Crippen LogP contribution in [0, 0.1) is 11.8 Å². The summed E-state index contributed by atoms with van der Waals surface area (Å²) in [7, 11) is 1.34. The maximum Gasteiger partial charge on any atom is 0.325 e. The number of amides is 1. The summed E-state index contributed by atoms with van der Waals surface area (Å²) in [6.07, 6.45) is 2.37. The van der Waals surface area contributed by atoms with E-state index in [1.54, 1.807) is 4.90 Å². The molecule has 0 spiro atoms. The Morgan fingerprint density at radius 1 is 1.26 bits per heavy atom. The monoisotopic (exact) mass is 272 g/mol. The molecule has 0 fully saturated rings. The van der Waals surface area contributed by atoms with Gasteiger partial charge in [0.25, 0.3) is 0 Å². The lowest BCUT2D eigenvalue weighted by atomic mass is 10.0. The minimum absolute atomic E-state index is 0.0183. The Morgan fingerprint density at radius 3 is 2.26 bits per heavy atom. The van der Waals surface area contributed by atoms with E-state index in [0.29, 0.717) is 25.4 Å². The zero-order valence-corrected chi connectivity index (χ0v) is 12.6. The summed E-state index contributed by atoms with van der Waals surface area (Å²) >= 11 is 0. The molecule has 0 aromatic heterocycles. The van der Waals surface area contributed by atoms with Gasteiger partial charge in [0.2, 0.25) is 5.91 Å².